The SMILES string of the molecule is CNC(CC(=O)N1CCN(C(NN)C(F)(F)F)C2=CC2C1)Cc1cc(F)c(F)cc1F. The van der Waals surface area contributed by atoms with E-state index >= 15 is 0 Å². The van der Waals surface area contributed by atoms with E-state index in [0.717, 1.165) is 11.0 Å². The number of hydrogen-bond acceptors (Lipinski definition) is 5. The van der Waals surface area contributed by atoms with Gasteiger partial charge in [-0.2, -0.15) is 13.2 Å². The van der Waals surface area contributed by atoms with Gasteiger partial charge in [0.1, 0.15) is 5.82 Å². The van der Waals surface area contributed by atoms with Gasteiger partial charge < -0.3 is 15.1 Å². The Balaban J connectivity index is 1.63. The lowest BCUT2D eigenvalue weighted by molar-refractivity contribution is -0.187. The second-order valence-electron chi connectivity index (χ2n) is 7.59. The van der Waals surface area contributed by atoms with Crippen molar-refractivity contribution in [1.82, 2.24) is 20.5 Å². The Labute approximate surface area is 175 Å². The fourth-order valence-corrected chi connectivity index (χ4v) is 3.77. The fraction of sp³-hybridized carbons (Fsp3) is 0.526. The van der Waals surface area contributed by atoms with E-state index in [1.807, 2.05) is 0 Å². The highest BCUT2D eigenvalue weighted by molar-refractivity contribution is 5.77. The molecule has 3 atom stereocenters. The fourth-order valence-electron chi connectivity index (χ4n) is 3.77. The summed E-state index contributed by atoms with van der Waals surface area (Å²) < 4.78 is 80.1. The molecule has 172 valence electrons. The lowest BCUT2D eigenvalue weighted by Gasteiger charge is -2.32. The van der Waals surface area contributed by atoms with Gasteiger partial charge in [-0.3, -0.25) is 10.6 Å². The molecule has 1 heterocycles. The summed E-state index contributed by atoms with van der Waals surface area (Å²) in [5.41, 5.74) is 2.17. The monoisotopic (exact) mass is 451 g/mol. The first-order chi connectivity index (χ1) is 14.5. The maximum absolute atomic E-state index is 13.9. The van der Waals surface area contributed by atoms with Gasteiger partial charge in [0, 0.05) is 49.8 Å². The first-order valence-electron chi connectivity index (χ1n) is 9.64. The highest BCUT2D eigenvalue weighted by Crippen LogP contribution is 2.39. The number of halogens is 6. The molecule has 0 saturated carbocycles. The first kappa shape index (κ1) is 23.4. The van der Waals surface area contributed by atoms with Crippen LogP contribution in [0.3, 0.4) is 0 Å². The minimum Gasteiger partial charge on any atom is -0.349 e. The molecule has 12 heteroatoms. The molecule has 1 amide bonds. The summed E-state index contributed by atoms with van der Waals surface area (Å²) in [7, 11) is 1.54. The molecular weight excluding hydrogens is 428 g/mol. The van der Waals surface area contributed by atoms with Crippen LogP contribution in [0, 0.1) is 23.4 Å². The van der Waals surface area contributed by atoms with Crippen molar-refractivity contribution in [2.75, 3.05) is 26.7 Å². The van der Waals surface area contributed by atoms with Crippen molar-refractivity contribution in [2.45, 2.75) is 31.2 Å². The van der Waals surface area contributed by atoms with Crippen LogP contribution in [-0.2, 0) is 11.2 Å². The number of carbonyl (C=O) groups is 1. The molecule has 2 aliphatic rings. The van der Waals surface area contributed by atoms with Crippen LogP contribution in [-0.4, -0.2) is 60.8 Å². The van der Waals surface area contributed by atoms with Crippen LogP contribution in [0.4, 0.5) is 26.3 Å². The number of hydrazine groups is 1. The summed E-state index contributed by atoms with van der Waals surface area (Å²) in [6, 6.07) is 0.623. The molecule has 0 spiro atoms. The van der Waals surface area contributed by atoms with Gasteiger partial charge in [-0.05, 0) is 25.1 Å². The zero-order valence-electron chi connectivity index (χ0n) is 16.6. The van der Waals surface area contributed by atoms with E-state index in [9.17, 15) is 31.1 Å². The minimum absolute atomic E-state index is 0.0525. The van der Waals surface area contributed by atoms with Gasteiger partial charge in [0.05, 0.1) is 0 Å². The summed E-state index contributed by atoms with van der Waals surface area (Å²) in [5.74, 6) is 1.06. The predicted octanol–water partition coefficient (Wildman–Crippen LogP) is 1.63. The van der Waals surface area contributed by atoms with E-state index in [1.165, 1.54) is 4.90 Å². The lowest BCUT2D eigenvalue weighted by Crippen LogP contribution is -2.57. The molecule has 1 aliphatic carbocycles. The number of nitrogens with two attached hydrogens (primary N) is 1. The molecule has 1 aromatic rings. The van der Waals surface area contributed by atoms with Crippen molar-refractivity contribution in [3.63, 3.8) is 0 Å². The van der Waals surface area contributed by atoms with Crippen LogP contribution in [0.25, 0.3) is 0 Å². The Bertz CT molecular complexity index is 861. The molecule has 3 rings (SSSR count). The number of benzene rings is 1. The molecule has 1 aromatic carbocycles. The normalized spacial score (nSPS) is 20.6. The summed E-state index contributed by atoms with van der Waals surface area (Å²) in [5, 5.41) is 2.85. The highest BCUT2D eigenvalue weighted by atomic mass is 19.4. The van der Waals surface area contributed by atoms with Crippen LogP contribution < -0.4 is 16.6 Å². The van der Waals surface area contributed by atoms with Gasteiger partial charge in [0.2, 0.25) is 5.91 Å². The summed E-state index contributed by atoms with van der Waals surface area (Å²) in [6.45, 7) is 0.219. The van der Waals surface area contributed by atoms with Crippen molar-refractivity contribution in [3.8, 4) is 0 Å². The Kier molecular flexibility index (Phi) is 6.82. The molecule has 0 radical (unpaired) electrons. The summed E-state index contributed by atoms with van der Waals surface area (Å²) in [6.07, 6.45) is -5.16. The Morgan fingerprint density at radius 2 is 1.87 bits per heavy atom. The third-order valence-corrected chi connectivity index (χ3v) is 5.52. The maximum Gasteiger partial charge on any atom is 0.423 e. The third kappa shape index (κ3) is 5.31. The van der Waals surface area contributed by atoms with Gasteiger partial charge in [-0.15, -0.1) is 0 Å². The van der Waals surface area contributed by atoms with Crippen molar-refractivity contribution < 1.29 is 31.1 Å². The summed E-state index contributed by atoms with van der Waals surface area (Å²) >= 11 is 0. The molecule has 0 bridgehead atoms. The zero-order valence-corrected chi connectivity index (χ0v) is 16.6. The molecule has 3 unspecified atom stereocenters. The quantitative estimate of drug-likeness (QED) is 0.255. The van der Waals surface area contributed by atoms with Gasteiger partial charge in [-0.25, -0.2) is 18.6 Å². The average molecular weight is 451 g/mol. The minimum atomic E-state index is -4.59. The number of amides is 1. The van der Waals surface area contributed by atoms with Crippen LogP contribution in [0.5, 0.6) is 0 Å². The smallest absolute Gasteiger partial charge is 0.349 e. The topological polar surface area (TPSA) is 73.6 Å². The number of rotatable bonds is 7. The average Bonchev–Trinajstić information content (AvgIpc) is 3.46. The van der Waals surface area contributed by atoms with Gasteiger partial charge in [-0.1, -0.05) is 6.08 Å². The van der Waals surface area contributed by atoms with Crippen LogP contribution >= 0.6 is 0 Å². The molecule has 6 nitrogen and oxygen atoms in total. The van der Waals surface area contributed by atoms with Gasteiger partial charge in [0.15, 0.2) is 17.8 Å². The van der Waals surface area contributed by atoms with E-state index in [0.29, 0.717) is 11.8 Å². The number of fused-ring (bicyclic) bond motifs is 1. The van der Waals surface area contributed by atoms with Crippen molar-refractivity contribution >= 4 is 5.91 Å². The Morgan fingerprint density at radius 3 is 2.48 bits per heavy atom. The number of likely N-dealkylation sites (N-methyl/N-ethyl adjacent to an activating group) is 1. The van der Waals surface area contributed by atoms with E-state index < -0.39 is 35.8 Å². The van der Waals surface area contributed by atoms with Gasteiger partial charge in [0.25, 0.3) is 0 Å². The second kappa shape index (κ2) is 9.05. The van der Waals surface area contributed by atoms with Crippen molar-refractivity contribution in [3.05, 3.63) is 46.9 Å². The summed E-state index contributed by atoms with van der Waals surface area (Å²) in [4.78, 5) is 15.3. The second-order valence-corrected chi connectivity index (χ2v) is 7.59. The number of nitrogens with zero attached hydrogens (tertiary/aromatic N) is 2. The zero-order chi connectivity index (χ0) is 22.9. The Hall–Kier alpha value is -2.31. The third-order valence-electron chi connectivity index (χ3n) is 5.52. The lowest BCUT2D eigenvalue weighted by atomic mass is 10.0. The standard InChI is InChI=1S/C19H23F6N5O/c1-27-12(4-10-5-14(21)15(22)8-13(10)20)7-17(31)29-2-3-30(16-6-11(16)9-29)18(28-26)19(23,24)25/h5-6,8,11-12,18,27-28H,2-4,7,9,26H2,1H3. The maximum atomic E-state index is 13.9. The van der Waals surface area contributed by atoms with E-state index in [1.54, 1.807) is 18.5 Å². The Morgan fingerprint density at radius 1 is 1.19 bits per heavy atom. The molecular formula is C19H23F6N5O. The van der Waals surface area contributed by atoms with E-state index in [4.69, 9.17) is 5.84 Å². The number of nitrogens with one attached hydrogen (secondary N) is 2. The van der Waals surface area contributed by atoms with Crippen LogP contribution in [0.15, 0.2) is 23.9 Å². The largest absolute Gasteiger partial charge is 0.423 e. The van der Waals surface area contributed by atoms with E-state index in [-0.39, 0.29) is 49.9 Å². The molecule has 1 fully saturated rings. The molecule has 1 aliphatic heterocycles. The molecule has 31 heavy (non-hydrogen) atoms. The van der Waals surface area contributed by atoms with E-state index in [2.05, 4.69) is 5.32 Å². The first-order valence-corrected chi connectivity index (χ1v) is 9.64. The molecule has 4 N–H and O–H groups in total. The predicted molar refractivity (Wildman–Crippen MR) is 99.5 cm³/mol. The molecule has 0 aromatic heterocycles. The molecule has 1 saturated heterocycles. The number of carbonyl (C=O) groups excluding carboxylic acids is 1. The van der Waals surface area contributed by atoms with Gasteiger partial charge >= 0.3 is 6.18 Å². The van der Waals surface area contributed by atoms with Crippen molar-refractivity contribution in [1.29, 1.82) is 0 Å². The number of alkyl halides is 3. The van der Waals surface area contributed by atoms with Crippen LogP contribution in [0.2, 0.25) is 0 Å². The number of hydrogen-bond donors (Lipinski definition) is 3. The highest BCUT2D eigenvalue weighted by Gasteiger charge is 2.48. The van der Waals surface area contributed by atoms with Crippen LogP contribution in [0.1, 0.15) is 12.0 Å². The van der Waals surface area contributed by atoms with Crippen molar-refractivity contribution in [2.24, 2.45) is 11.8 Å².